The second-order valence-electron chi connectivity index (χ2n) is 11.1. The Morgan fingerprint density at radius 1 is 0.962 bits per heavy atom. The predicted octanol–water partition coefficient (Wildman–Crippen LogP) is -0.245. The first-order valence-electron chi connectivity index (χ1n) is 14.8. The molecule has 7 unspecified atom stereocenters. The number of aromatic nitrogens is 2. The molecule has 290 valence electrons. The zero-order chi connectivity index (χ0) is 38.7. The van der Waals surface area contributed by atoms with E-state index in [-0.39, 0.29) is 22.5 Å². The molecule has 2 fully saturated rings. The molecule has 6 N–H and O–H groups in total. The molecule has 0 aliphatic carbocycles. The summed E-state index contributed by atoms with van der Waals surface area (Å²) in [5, 5.41) is 21.3. The van der Waals surface area contributed by atoms with Crippen LogP contribution in [-0.2, 0) is 77.3 Å². The summed E-state index contributed by atoms with van der Waals surface area (Å²) in [7, 11) is -5.72. The standard InChI is InChI=1S/C26H34FN3O19P2S/c1-9(31)40-6-14(27)20-22(43-10(2)32)23(44-11(3)33)24(45-12(4)34)26(47-20)48-50(37,38)49-51(39,52)42-7-15-17(35)18(36)19(46-15)13-5-41-21-16(13)29-8-30-25(21)28/h5,8,14-15,17-20,22-24,26,35-36H,6-7H2,1-4H3,(H,37,38)(H,39,52)(H2,28,29,30)/t14-,15+,17?,18?,19-,20?,22+,23?,24?,26-,51?/m0/s1. The number of anilines is 1. The Kier molecular flexibility index (Phi) is 13.4. The third-order valence-electron chi connectivity index (χ3n) is 7.16. The number of carbonyl (C=O) groups is 4. The number of phosphoric ester groups is 1. The molecule has 4 rings (SSSR count). The average Bonchev–Trinajstić information content (AvgIpc) is 3.57. The van der Waals surface area contributed by atoms with E-state index in [0.29, 0.717) is 0 Å². The maximum absolute atomic E-state index is 15.4. The first-order chi connectivity index (χ1) is 24.2. The van der Waals surface area contributed by atoms with E-state index in [9.17, 15) is 43.7 Å². The number of aliphatic hydroxyl groups is 2. The van der Waals surface area contributed by atoms with Gasteiger partial charge in [0.25, 0.3) is 0 Å². The number of furan rings is 1. The van der Waals surface area contributed by atoms with Crippen molar-refractivity contribution >= 4 is 67.1 Å². The highest BCUT2D eigenvalue weighted by molar-refractivity contribution is 8.08. The van der Waals surface area contributed by atoms with Crippen molar-refractivity contribution in [3.05, 3.63) is 18.2 Å². The van der Waals surface area contributed by atoms with Gasteiger partial charge in [-0.1, -0.05) is 0 Å². The molecule has 0 saturated carbocycles. The van der Waals surface area contributed by atoms with Crippen molar-refractivity contribution in [2.75, 3.05) is 18.9 Å². The number of phosphoric acid groups is 1. The van der Waals surface area contributed by atoms with Gasteiger partial charge in [-0.05, 0) is 11.8 Å². The molecule has 0 bridgehead atoms. The van der Waals surface area contributed by atoms with Crippen molar-refractivity contribution in [1.82, 2.24) is 9.97 Å². The SMILES string of the molecule is CC(=O)OC[C@H](F)C1O[C@@H](OP(=O)(O)OP(O)(=S)OC[C@H]2O[C@@H](c3coc4c(N)ncnc34)C(O)C2O)C(OC(C)=O)C(OC(C)=O)[C@@H]1OC(C)=O. The molecular formula is C26H34FN3O19P2S. The molecule has 12 atom stereocenters. The van der Waals surface area contributed by atoms with Crippen LogP contribution in [-0.4, -0.2) is 122 Å². The van der Waals surface area contributed by atoms with Gasteiger partial charge in [0, 0.05) is 33.3 Å². The van der Waals surface area contributed by atoms with Crippen molar-refractivity contribution < 1.29 is 94.3 Å². The molecule has 22 nitrogen and oxygen atoms in total. The summed E-state index contributed by atoms with van der Waals surface area (Å²) in [6, 6.07) is 0. The second kappa shape index (κ2) is 16.8. The molecule has 0 spiro atoms. The van der Waals surface area contributed by atoms with Crippen molar-refractivity contribution in [1.29, 1.82) is 0 Å². The Balaban J connectivity index is 1.52. The maximum Gasteiger partial charge on any atom is 0.481 e. The van der Waals surface area contributed by atoms with Crippen LogP contribution in [0.1, 0.15) is 39.4 Å². The number of nitrogens with two attached hydrogens (primary N) is 1. The van der Waals surface area contributed by atoms with Crippen LogP contribution >= 0.6 is 14.5 Å². The molecule has 2 saturated heterocycles. The van der Waals surface area contributed by atoms with E-state index in [1.807, 2.05) is 0 Å². The summed E-state index contributed by atoms with van der Waals surface area (Å²) in [4.78, 5) is 76.4. The highest BCUT2D eigenvalue weighted by Crippen LogP contribution is 2.62. The Labute approximate surface area is 297 Å². The number of halogens is 1. The molecule has 2 aliphatic heterocycles. The minimum atomic E-state index is -5.72. The number of hydrogen-bond acceptors (Lipinski definition) is 21. The van der Waals surface area contributed by atoms with Gasteiger partial charge >= 0.3 is 38.4 Å². The number of nitrogen functional groups attached to an aromatic ring is 1. The van der Waals surface area contributed by atoms with Gasteiger partial charge < -0.3 is 63.1 Å². The lowest BCUT2D eigenvalue weighted by atomic mass is 9.95. The number of carbonyl (C=O) groups excluding carboxylic acids is 4. The normalized spacial score (nSPS) is 30.4. The molecule has 52 heavy (non-hydrogen) atoms. The highest BCUT2D eigenvalue weighted by atomic mass is 32.5. The lowest BCUT2D eigenvalue weighted by Crippen LogP contribution is -2.64. The molecule has 2 aliphatic rings. The summed E-state index contributed by atoms with van der Waals surface area (Å²) < 4.78 is 79.8. The van der Waals surface area contributed by atoms with Gasteiger partial charge in [-0.25, -0.2) is 23.2 Å². The van der Waals surface area contributed by atoms with E-state index < -0.39 is 113 Å². The number of alkyl halides is 1. The average molecular weight is 806 g/mol. The number of hydrogen-bond donors (Lipinski definition) is 5. The minimum absolute atomic E-state index is 0.0103. The first kappa shape index (κ1) is 41.5. The number of esters is 4. The number of nitrogens with zero attached hydrogens (tertiary/aromatic N) is 2. The summed E-state index contributed by atoms with van der Waals surface area (Å²) in [5.41, 5.74) is 6.18. The zero-order valence-corrected chi connectivity index (χ0v) is 30.0. The lowest BCUT2D eigenvalue weighted by molar-refractivity contribution is -0.296. The predicted molar refractivity (Wildman–Crippen MR) is 167 cm³/mol. The van der Waals surface area contributed by atoms with Crippen LogP contribution in [0.4, 0.5) is 10.2 Å². The summed E-state index contributed by atoms with van der Waals surface area (Å²) in [6.45, 7) is -3.12. The van der Waals surface area contributed by atoms with Gasteiger partial charge in [0.1, 0.15) is 49.0 Å². The minimum Gasteiger partial charge on any atom is -0.463 e. The van der Waals surface area contributed by atoms with Crippen LogP contribution in [0.25, 0.3) is 11.1 Å². The smallest absolute Gasteiger partial charge is 0.463 e. The highest BCUT2D eigenvalue weighted by Gasteiger charge is 2.57. The fourth-order valence-electron chi connectivity index (χ4n) is 5.18. The van der Waals surface area contributed by atoms with Crippen LogP contribution in [0.3, 0.4) is 0 Å². The summed E-state index contributed by atoms with van der Waals surface area (Å²) in [6.07, 6.45) is -16.5. The van der Waals surface area contributed by atoms with E-state index in [0.717, 1.165) is 34.0 Å². The van der Waals surface area contributed by atoms with Crippen LogP contribution < -0.4 is 5.73 Å². The van der Waals surface area contributed by atoms with Crippen molar-refractivity contribution in [3.8, 4) is 0 Å². The molecule has 26 heteroatoms. The molecular weight excluding hydrogens is 771 g/mol. The Morgan fingerprint density at radius 3 is 2.19 bits per heavy atom. The van der Waals surface area contributed by atoms with Gasteiger partial charge in [-0.2, -0.15) is 0 Å². The van der Waals surface area contributed by atoms with Crippen LogP contribution in [0, 0.1) is 0 Å². The Morgan fingerprint density at radius 2 is 1.58 bits per heavy atom. The second-order valence-corrected chi connectivity index (χ2v) is 15.5. The lowest BCUT2D eigenvalue weighted by Gasteiger charge is -2.44. The quantitative estimate of drug-likeness (QED) is 0.0934. The molecule has 0 amide bonds. The van der Waals surface area contributed by atoms with Crippen LogP contribution in [0.2, 0.25) is 0 Å². The molecule has 4 heterocycles. The fraction of sp³-hybridized carbons (Fsp3) is 0.615. The zero-order valence-electron chi connectivity index (χ0n) is 27.4. The van der Waals surface area contributed by atoms with Gasteiger partial charge in [-0.3, -0.25) is 23.7 Å². The topological polar surface area (TPSA) is 314 Å². The number of aliphatic hydroxyl groups excluding tert-OH is 2. The van der Waals surface area contributed by atoms with Crippen molar-refractivity contribution in [2.24, 2.45) is 0 Å². The third-order valence-corrected chi connectivity index (χ3v) is 10.7. The molecule has 2 aromatic heterocycles. The van der Waals surface area contributed by atoms with E-state index in [4.69, 9.17) is 54.7 Å². The Hall–Kier alpha value is -3.25. The summed E-state index contributed by atoms with van der Waals surface area (Å²) >= 11 is 4.82. The van der Waals surface area contributed by atoms with E-state index in [2.05, 4.69) is 19.0 Å². The first-order valence-corrected chi connectivity index (χ1v) is 18.9. The number of rotatable bonds is 14. The monoisotopic (exact) mass is 805 g/mol. The van der Waals surface area contributed by atoms with Crippen molar-refractivity contribution in [3.63, 3.8) is 0 Å². The van der Waals surface area contributed by atoms with Gasteiger partial charge in [0.15, 0.2) is 35.9 Å². The van der Waals surface area contributed by atoms with Gasteiger partial charge in [0.05, 0.1) is 12.9 Å². The van der Waals surface area contributed by atoms with E-state index >= 15 is 4.39 Å². The number of fused-ring (bicyclic) bond motifs is 1. The van der Waals surface area contributed by atoms with E-state index in [1.54, 1.807) is 0 Å². The fourth-order valence-corrected chi connectivity index (χ4v) is 8.27. The molecule has 0 aromatic carbocycles. The molecule has 0 radical (unpaired) electrons. The number of ether oxygens (including phenoxy) is 6. The van der Waals surface area contributed by atoms with Crippen LogP contribution in [0.15, 0.2) is 17.0 Å². The van der Waals surface area contributed by atoms with Gasteiger partial charge in [-0.15, -0.1) is 0 Å². The van der Waals surface area contributed by atoms with Gasteiger partial charge in [0.2, 0.25) is 6.29 Å². The molecule has 2 aromatic rings. The third kappa shape index (κ3) is 10.2. The largest absolute Gasteiger partial charge is 0.481 e. The Bertz CT molecular complexity index is 1750. The van der Waals surface area contributed by atoms with Crippen molar-refractivity contribution in [2.45, 2.75) is 89.0 Å². The van der Waals surface area contributed by atoms with Crippen LogP contribution in [0.5, 0.6) is 0 Å². The maximum atomic E-state index is 15.4. The van der Waals surface area contributed by atoms with E-state index in [1.165, 1.54) is 6.26 Å². The summed E-state index contributed by atoms with van der Waals surface area (Å²) in [5.74, 6) is -4.20.